The molecular weight excluding hydrogens is 457 g/mol. The van der Waals surface area contributed by atoms with Crippen LogP contribution in [-0.2, 0) is 27.8 Å². The molecule has 0 spiro atoms. The smallest absolute Gasteiger partial charge is 0.369 e. The third-order valence-corrected chi connectivity index (χ3v) is 7.85. The Morgan fingerprint density at radius 3 is 2.21 bits per heavy atom. The van der Waals surface area contributed by atoms with Gasteiger partial charge in [0, 0.05) is 45.0 Å². The Labute approximate surface area is 189 Å². The van der Waals surface area contributed by atoms with Gasteiger partial charge in [-0.05, 0) is 53.9 Å². The quantitative estimate of drug-likeness (QED) is 0.677. The van der Waals surface area contributed by atoms with Crippen molar-refractivity contribution >= 4 is 21.6 Å². The van der Waals surface area contributed by atoms with Crippen LogP contribution in [0.2, 0.25) is 0 Å². The Kier molecular flexibility index (Phi) is 6.07. The number of fused-ring (bicyclic) bond motifs is 1. The third kappa shape index (κ3) is 4.67. The van der Waals surface area contributed by atoms with Crippen LogP contribution < -0.4 is 4.90 Å². The Balaban J connectivity index is 1.47. The van der Waals surface area contributed by atoms with E-state index in [-0.39, 0.29) is 37.5 Å². The first-order valence-electron chi connectivity index (χ1n) is 10.3. The summed E-state index contributed by atoms with van der Waals surface area (Å²) in [6.45, 7) is 1.09. The number of hydrogen-bond acceptors (Lipinski definition) is 5. The molecule has 2 aromatic rings. The largest absolute Gasteiger partial charge is 0.471 e. The summed E-state index contributed by atoms with van der Waals surface area (Å²) < 4.78 is 66.1. The molecule has 1 fully saturated rings. The van der Waals surface area contributed by atoms with Crippen LogP contribution in [0.1, 0.15) is 16.7 Å². The Hall–Kier alpha value is -3.10. The van der Waals surface area contributed by atoms with Crippen molar-refractivity contribution in [1.29, 1.82) is 5.26 Å². The lowest BCUT2D eigenvalue weighted by Crippen LogP contribution is -2.48. The van der Waals surface area contributed by atoms with Gasteiger partial charge in [-0.15, -0.1) is 0 Å². The van der Waals surface area contributed by atoms with Gasteiger partial charge in [-0.1, -0.05) is 6.07 Å². The van der Waals surface area contributed by atoms with E-state index in [1.54, 1.807) is 18.2 Å². The van der Waals surface area contributed by atoms with E-state index in [9.17, 15) is 26.4 Å². The number of benzene rings is 2. The first-order valence-corrected chi connectivity index (χ1v) is 11.8. The van der Waals surface area contributed by atoms with Crippen LogP contribution >= 0.6 is 0 Å². The SMILES string of the molecule is N#Cc1ccc(N2CCN(S(=O)(=O)c3ccc4c(c3)CN(C(=O)C(F)(F)F)CC4)CC2)cc1. The molecule has 4 rings (SSSR count). The molecule has 0 aromatic heterocycles. The van der Waals surface area contributed by atoms with E-state index in [1.165, 1.54) is 16.4 Å². The molecule has 1 saturated heterocycles. The van der Waals surface area contributed by atoms with E-state index in [0.29, 0.717) is 29.1 Å². The molecule has 0 N–H and O–H groups in total. The lowest BCUT2D eigenvalue weighted by molar-refractivity contribution is -0.186. The zero-order valence-electron chi connectivity index (χ0n) is 17.5. The molecule has 1 amide bonds. The number of carbonyl (C=O) groups is 1. The molecule has 0 atom stereocenters. The summed E-state index contributed by atoms with van der Waals surface area (Å²) in [7, 11) is -3.84. The van der Waals surface area contributed by atoms with Crippen LogP contribution in [0.4, 0.5) is 18.9 Å². The average molecular weight is 478 g/mol. The topological polar surface area (TPSA) is 84.7 Å². The van der Waals surface area contributed by atoms with Crippen LogP contribution in [0.25, 0.3) is 0 Å². The summed E-state index contributed by atoms with van der Waals surface area (Å²) in [5.41, 5.74) is 2.60. The first-order chi connectivity index (χ1) is 15.6. The first kappa shape index (κ1) is 23.1. The fraction of sp³-hybridized carbons (Fsp3) is 0.364. The van der Waals surface area contributed by atoms with Crippen molar-refractivity contribution in [2.24, 2.45) is 0 Å². The van der Waals surface area contributed by atoms with Crippen molar-refractivity contribution in [3.8, 4) is 6.07 Å². The van der Waals surface area contributed by atoms with Crippen LogP contribution in [-0.4, -0.2) is 62.4 Å². The van der Waals surface area contributed by atoms with Crippen LogP contribution in [0.5, 0.6) is 0 Å². The number of nitrogens with zero attached hydrogens (tertiary/aromatic N) is 4. The Morgan fingerprint density at radius 2 is 1.61 bits per heavy atom. The van der Waals surface area contributed by atoms with Crippen LogP contribution in [0.3, 0.4) is 0 Å². The number of anilines is 1. The monoisotopic (exact) mass is 478 g/mol. The number of rotatable bonds is 3. The molecule has 2 heterocycles. The minimum Gasteiger partial charge on any atom is -0.369 e. The molecule has 0 unspecified atom stereocenters. The number of sulfonamides is 1. The summed E-state index contributed by atoms with van der Waals surface area (Å²) in [5.74, 6) is -1.92. The van der Waals surface area contributed by atoms with Gasteiger partial charge < -0.3 is 9.80 Å². The van der Waals surface area contributed by atoms with E-state index in [0.717, 1.165) is 11.3 Å². The van der Waals surface area contributed by atoms with E-state index < -0.39 is 22.1 Å². The molecule has 2 aliphatic heterocycles. The lowest BCUT2D eigenvalue weighted by atomic mass is 10.00. The molecule has 0 bridgehead atoms. The summed E-state index contributed by atoms with van der Waals surface area (Å²) in [6.07, 6.45) is -4.73. The fourth-order valence-electron chi connectivity index (χ4n) is 4.13. The zero-order chi connectivity index (χ0) is 23.8. The lowest BCUT2D eigenvalue weighted by Gasteiger charge is -2.35. The molecule has 2 aliphatic rings. The van der Waals surface area contributed by atoms with Crippen molar-refractivity contribution in [2.45, 2.75) is 24.0 Å². The maximum absolute atomic E-state index is 13.2. The maximum atomic E-state index is 13.2. The minimum atomic E-state index is -4.96. The van der Waals surface area contributed by atoms with Gasteiger partial charge >= 0.3 is 12.1 Å². The van der Waals surface area contributed by atoms with E-state index in [4.69, 9.17) is 5.26 Å². The van der Waals surface area contributed by atoms with Crippen molar-refractivity contribution < 1.29 is 26.4 Å². The van der Waals surface area contributed by atoms with Gasteiger partial charge in [0.1, 0.15) is 0 Å². The number of hydrogen-bond donors (Lipinski definition) is 0. The predicted molar refractivity (Wildman–Crippen MR) is 114 cm³/mol. The Morgan fingerprint density at radius 1 is 0.939 bits per heavy atom. The van der Waals surface area contributed by atoms with Gasteiger partial charge in [-0.2, -0.15) is 22.7 Å². The van der Waals surface area contributed by atoms with Gasteiger partial charge in [-0.25, -0.2) is 8.42 Å². The van der Waals surface area contributed by atoms with Gasteiger partial charge in [0.05, 0.1) is 16.5 Å². The maximum Gasteiger partial charge on any atom is 0.471 e. The van der Waals surface area contributed by atoms with Gasteiger partial charge in [-0.3, -0.25) is 4.79 Å². The molecule has 0 radical (unpaired) electrons. The third-order valence-electron chi connectivity index (χ3n) is 5.96. The summed E-state index contributed by atoms with van der Waals surface area (Å²) in [4.78, 5) is 14.3. The van der Waals surface area contributed by atoms with Crippen molar-refractivity contribution in [1.82, 2.24) is 9.21 Å². The van der Waals surface area contributed by atoms with Gasteiger partial charge in [0.2, 0.25) is 10.0 Å². The highest BCUT2D eigenvalue weighted by Crippen LogP contribution is 2.28. The zero-order valence-corrected chi connectivity index (χ0v) is 18.4. The van der Waals surface area contributed by atoms with Gasteiger partial charge in [0.25, 0.3) is 0 Å². The average Bonchev–Trinajstić information content (AvgIpc) is 2.82. The second-order valence-corrected chi connectivity index (χ2v) is 9.89. The number of amides is 1. The summed E-state index contributed by atoms with van der Waals surface area (Å²) >= 11 is 0. The number of halogens is 3. The van der Waals surface area contributed by atoms with Crippen molar-refractivity contribution in [2.75, 3.05) is 37.6 Å². The molecule has 11 heteroatoms. The molecular formula is C22H21F3N4O3S. The van der Waals surface area contributed by atoms with Gasteiger partial charge in [0.15, 0.2) is 0 Å². The van der Waals surface area contributed by atoms with Crippen molar-refractivity contribution in [3.63, 3.8) is 0 Å². The normalized spacial score (nSPS) is 17.4. The molecule has 0 saturated carbocycles. The molecule has 2 aromatic carbocycles. The van der Waals surface area contributed by atoms with Crippen LogP contribution in [0.15, 0.2) is 47.4 Å². The molecule has 33 heavy (non-hydrogen) atoms. The summed E-state index contributed by atoms with van der Waals surface area (Å²) in [5, 5.41) is 8.92. The number of nitriles is 1. The molecule has 7 nitrogen and oxygen atoms in total. The highest BCUT2D eigenvalue weighted by Gasteiger charge is 2.43. The predicted octanol–water partition coefficient (Wildman–Crippen LogP) is 2.52. The summed E-state index contributed by atoms with van der Waals surface area (Å²) in [6, 6.07) is 13.6. The highest BCUT2D eigenvalue weighted by molar-refractivity contribution is 7.89. The molecule has 174 valence electrons. The van der Waals surface area contributed by atoms with Crippen molar-refractivity contribution in [3.05, 3.63) is 59.2 Å². The van der Waals surface area contributed by atoms with Crippen LogP contribution in [0, 0.1) is 11.3 Å². The minimum absolute atomic E-state index is 0.00869. The van der Waals surface area contributed by atoms with E-state index in [2.05, 4.69) is 6.07 Å². The second-order valence-electron chi connectivity index (χ2n) is 7.95. The standard InChI is InChI=1S/C22H21F3N4O3S/c23-22(24,25)21(30)28-8-7-17-3-6-20(13-18(17)15-28)33(31,32)29-11-9-27(10-12-29)19-4-1-16(14-26)2-5-19/h1-6,13H,7-12,15H2. The highest BCUT2D eigenvalue weighted by atomic mass is 32.2. The van der Waals surface area contributed by atoms with E-state index >= 15 is 0 Å². The fourth-order valence-corrected chi connectivity index (χ4v) is 5.60. The Bertz CT molecular complexity index is 1200. The number of carbonyl (C=O) groups excluding carboxylic acids is 1. The van der Waals surface area contributed by atoms with E-state index in [1.807, 2.05) is 17.0 Å². The number of alkyl halides is 3. The number of piperazine rings is 1. The molecule has 0 aliphatic carbocycles. The second kappa shape index (κ2) is 8.68.